The summed E-state index contributed by atoms with van der Waals surface area (Å²) in [6, 6.07) is 10.7. The van der Waals surface area contributed by atoms with Crippen molar-refractivity contribution in [2.24, 2.45) is 5.92 Å². The van der Waals surface area contributed by atoms with E-state index in [2.05, 4.69) is 17.3 Å². The first-order chi connectivity index (χ1) is 10.5. The third kappa shape index (κ3) is 3.95. The van der Waals surface area contributed by atoms with Crippen LogP contribution in [0.1, 0.15) is 34.2 Å². The third-order valence-corrected chi connectivity index (χ3v) is 3.48. The summed E-state index contributed by atoms with van der Waals surface area (Å²) in [5, 5.41) is 16.1. The average molecular weight is 296 g/mol. The Bertz CT molecular complexity index is 694. The number of benzene rings is 1. The van der Waals surface area contributed by atoms with Gasteiger partial charge in [-0.2, -0.15) is 10.4 Å². The number of nitriles is 1. The minimum atomic E-state index is -0.121. The number of amides is 1. The van der Waals surface area contributed by atoms with Crippen LogP contribution in [0.4, 0.5) is 0 Å². The Balaban J connectivity index is 1.87. The maximum absolute atomic E-state index is 12.1. The van der Waals surface area contributed by atoms with Crippen LogP contribution in [-0.4, -0.2) is 22.2 Å². The predicted octanol–water partition coefficient (Wildman–Crippen LogP) is 2.44. The van der Waals surface area contributed by atoms with Gasteiger partial charge in [-0.15, -0.1) is 0 Å². The lowest BCUT2D eigenvalue weighted by Crippen LogP contribution is -2.30. The first-order valence-electron chi connectivity index (χ1n) is 7.29. The molecule has 0 aliphatic rings. The molecule has 1 atom stereocenters. The number of carbonyl (C=O) groups is 1. The van der Waals surface area contributed by atoms with E-state index < -0.39 is 0 Å². The molecule has 0 aliphatic heterocycles. The Morgan fingerprint density at radius 1 is 1.36 bits per heavy atom. The fourth-order valence-electron chi connectivity index (χ4n) is 2.28. The van der Waals surface area contributed by atoms with Crippen LogP contribution in [-0.2, 0) is 6.54 Å². The van der Waals surface area contributed by atoms with Crippen LogP contribution in [0.3, 0.4) is 0 Å². The molecule has 0 fully saturated rings. The van der Waals surface area contributed by atoms with Crippen LogP contribution in [0.5, 0.6) is 0 Å². The minimum absolute atomic E-state index is 0.121. The summed E-state index contributed by atoms with van der Waals surface area (Å²) < 4.78 is 1.97. The highest BCUT2D eigenvalue weighted by Gasteiger charge is 2.10. The maximum Gasteiger partial charge on any atom is 0.251 e. The molecular formula is C17H20N4O. The van der Waals surface area contributed by atoms with Gasteiger partial charge in [0.2, 0.25) is 0 Å². The van der Waals surface area contributed by atoms with Gasteiger partial charge < -0.3 is 5.32 Å². The zero-order valence-electron chi connectivity index (χ0n) is 13.1. The summed E-state index contributed by atoms with van der Waals surface area (Å²) in [7, 11) is 0. The number of rotatable bonds is 5. The van der Waals surface area contributed by atoms with Crippen LogP contribution in [0.2, 0.25) is 0 Å². The molecule has 2 aromatic rings. The van der Waals surface area contributed by atoms with Crippen molar-refractivity contribution < 1.29 is 4.79 Å². The number of aryl methyl sites for hydroxylation is 2. The lowest BCUT2D eigenvalue weighted by Gasteiger charge is -2.14. The maximum atomic E-state index is 12.1. The zero-order chi connectivity index (χ0) is 16.1. The molecule has 1 unspecified atom stereocenters. The summed E-state index contributed by atoms with van der Waals surface area (Å²) in [5.74, 6) is 0.157. The van der Waals surface area contributed by atoms with Crippen molar-refractivity contribution in [3.63, 3.8) is 0 Å². The molecule has 5 heteroatoms. The normalized spacial score (nSPS) is 11.7. The molecule has 0 spiro atoms. The minimum Gasteiger partial charge on any atom is -0.352 e. The van der Waals surface area contributed by atoms with E-state index in [9.17, 15) is 4.79 Å². The predicted molar refractivity (Wildman–Crippen MR) is 84.4 cm³/mol. The second kappa shape index (κ2) is 6.90. The number of nitrogens with zero attached hydrogens (tertiary/aromatic N) is 3. The van der Waals surface area contributed by atoms with E-state index >= 15 is 0 Å². The van der Waals surface area contributed by atoms with E-state index in [0.717, 1.165) is 17.9 Å². The SMILES string of the molecule is Cc1cc(C)n(CC(C)CNC(=O)c2ccc(C#N)cc2)n1. The van der Waals surface area contributed by atoms with E-state index in [1.165, 1.54) is 0 Å². The first-order valence-corrected chi connectivity index (χ1v) is 7.29. The number of aromatic nitrogens is 2. The molecule has 2 rings (SSSR count). The van der Waals surface area contributed by atoms with Crippen LogP contribution in [0.25, 0.3) is 0 Å². The number of carbonyl (C=O) groups excluding carboxylic acids is 1. The number of nitrogens with one attached hydrogen (secondary N) is 1. The highest BCUT2D eigenvalue weighted by atomic mass is 16.1. The molecule has 0 radical (unpaired) electrons. The van der Waals surface area contributed by atoms with Gasteiger partial charge in [-0.05, 0) is 50.1 Å². The lowest BCUT2D eigenvalue weighted by molar-refractivity contribution is 0.0946. The van der Waals surface area contributed by atoms with Crippen molar-refractivity contribution in [1.29, 1.82) is 5.26 Å². The lowest BCUT2D eigenvalue weighted by atomic mass is 10.1. The van der Waals surface area contributed by atoms with Gasteiger partial charge in [0, 0.05) is 24.3 Å². The quantitative estimate of drug-likeness (QED) is 0.921. The molecule has 5 nitrogen and oxygen atoms in total. The molecule has 0 bridgehead atoms. The Labute approximate surface area is 130 Å². The van der Waals surface area contributed by atoms with Gasteiger partial charge in [0.1, 0.15) is 0 Å². The summed E-state index contributed by atoms with van der Waals surface area (Å²) >= 11 is 0. The molecule has 114 valence electrons. The molecule has 0 saturated carbocycles. The zero-order valence-corrected chi connectivity index (χ0v) is 13.1. The van der Waals surface area contributed by atoms with E-state index in [4.69, 9.17) is 5.26 Å². The Morgan fingerprint density at radius 3 is 2.59 bits per heavy atom. The van der Waals surface area contributed by atoms with E-state index in [1.54, 1.807) is 24.3 Å². The summed E-state index contributed by atoms with van der Waals surface area (Å²) in [5.41, 5.74) is 3.25. The fourth-order valence-corrected chi connectivity index (χ4v) is 2.28. The molecule has 1 amide bonds. The molecule has 22 heavy (non-hydrogen) atoms. The van der Waals surface area contributed by atoms with Crippen molar-refractivity contribution >= 4 is 5.91 Å². The Kier molecular flexibility index (Phi) is 4.95. The van der Waals surface area contributed by atoms with Gasteiger partial charge in [-0.25, -0.2) is 0 Å². The van der Waals surface area contributed by atoms with Crippen molar-refractivity contribution in [3.8, 4) is 6.07 Å². The third-order valence-electron chi connectivity index (χ3n) is 3.48. The van der Waals surface area contributed by atoms with Gasteiger partial charge >= 0.3 is 0 Å². The van der Waals surface area contributed by atoms with Crippen molar-refractivity contribution in [2.75, 3.05) is 6.54 Å². The molecule has 0 saturated heterocycles. The second-order valence-corrected chi connectivity index (χ2v) is 5.61. The number of hydrogen-bond donors (Lipinski definition) is 1. The standard InChI is InChI=1S/C17H20N4O/c1-12(11-21-14(3)8-13(2)20-21)10-19-17(22)16-6-4-15(9-18)5-7-16/h4-8,12H,10-11H2,1-3H3,(H,19,22). The molecule has 1 N–H and O–H groups in total. The van der Waals surface area contributed by atoms with Gasteiger partial charge in [0.25, 0.3) is 5.91 Å². The van der Waals surface area contributed by atoms with E-state index in [1.807, 2.05) is 30.7 Å². The highest BCUT2D eigenvalue weighted by molar-refractivity contribution is 5.94. The van der Waals surface area contributed by atoms with Crippen LogP contribution in [0, 0.1) is 31.1 Å². The van der Waals surface area contributed by atoms with Crippen LogP contribution in [0.15, 0.2) is 30.3 Å². The monoisotopic (exact) mass is 296 g/mol. The highest BCUT2D eigenvalue weighted by Crippen LogP contribution is 2.07. The smallest absolute Gasteiger partial charge is 0.251 e. The Morgan fingerprint density at radius 2 is 2.05 bits per heavy atom. The van der Waals surface area contributed by atoms with Crippen molar-refractivity contribution in [3.05, 3.63) is 52.8 Å². The molecule has 1 heterocycles. The molecule has 0 aliphatic carbocycles. The van der Waals surface area contributed by atoms with E-state index in [0.29, 0.717) is 17.7 Å². The molecular weight excluding hydrogens is 276 g/mol. The first kappa shape index (κ1) is 15.8. The Hall–Kier alpha value is -2.61. The average Bonchev–Trinajstić information content (AvgIpc) is 2.82. The van der Waals surface area contributed by atoms with E-state index in [-0.39, 0.29) is 11.8 Å². The second-order valence-electron chi connectivity index (χ2n) is 5.61. The van der Waals surface area contributed by atoms with Crippen molar-refractivity contribution in [2.45, 2.75) is 27.3 Å². The molecule has 1 aromatic carbocycles. The summed E-state index contributed by atoms with van der Waals surface area (Å²) in [4.78, 5) is 12.1. The fraction of sp³-hybridized carbons (Fsp3) is 0.353. The topological polar surface area (TPSA) is 70.7 Å². The summed E-state index contributed by atoms with van der Waals surface area (Å²) in [6.07, 6.45) is 0. The van der Waals surface area contributed by atoms with Crippen LogP contribution >= 0.6 is 0 Å². The van der Waals surface area contributed by atoms with Crippen LogP contribution < -0.4 is 5.32 Å². The van der Waals surface area contributed by atoms with Gasteiger partial charge in [-0.3, -0.25) is 9.48 Å². The van der Waals surface area contributed by atoms with Gasteiger partial charge in [-0.1, -0.05) is 6.92 Å². The van der Waals surface area contributed by atoms with Gasteiger partial charge in [0.15, 0.2) is 0 Å². The van der Waals surface area contributed by atoms with Gasteiger partial charge in [0.05, 0.1) is 17.3 Å². The molecule has 1 aromatic heterocycles. The number of hydrogen-bond acceptors (Lipinski definition) is 3. The van der Waals surface area contributed by atoms with Crippen molar-refractivity contribution in [1.82, 2.24) is 15.1 Å². The largest absolute Gasteiger partial charge is 0.352 e. The summed E-state index contributed by atoms with van der Waals surface area (Å²) in [6.45, 7) is 7.43.